The van der Waals surface area contributed by atoms with E-state index < -0.39 is 0 Å². The second kappa shape index (κ2) is 8.17. The van der Waals surface area contributed by atoms with Crippen LogP contribution in [0.5, 0.6) is 0 Å². The smallest absolute Gasteiger partial charge is 0.254 e. The summed E-state index contributed by atoms with van der Waals surface area (Å²) >= 11 is 0. The molecule has 2 amide bonds. The van der Waals surface area contributed by atoms with Gasteiger partial charge in [-0.1, -0.05) is 43.7 Å². The molecule has 0 radical (unpaired) electrons. The van der Waals surface area contributed by atoms with Crippen LogP contribution >= 0.6 is 0 Å². The zero-order valence-electron chi connectivity index (χ0n) is 16.5. The van der Waals surface area contributed by atoms with Crippen LogP contribution in [0.25, 0.3) is 0 Å². The lowest BCUT2D eigenvalue weighted by Gasteiger charge is -2.19. The molecule has 0 aliphatic heterocycles. The maximum absolute atomic E-state index is 12.5. The van der Waals surface area contributed by atoms with Gasteiger partial charge in [0.25, 0.3) is 5.91 Å². The number of rotatable bonds is 5. The molecule has 26 heavy (non-hydrogen) atoms. The van der Waals surface area contributed by atoms with Gasteiger partial charge in [-0.3, -0.25) is 9.59 Å². The first-order valence-electron chi connectivity index (χ1n) is 8.92. The summed E-state index contributed by atoms with van der Waals surface area (Å²) in [6, 6.07) is 11.6. The van der Waals surface area contributed by atoms with Gasteiger partial charge in [0, 0.05) is 18.3 Å². The largest absolute Gasteiger partial charge is 0.332 e. The van der Waals surface area contributed by atoms with Gasteiger partial charge in [-0.05, 0) is 55.5 Å². The minimum absolute atomic E-state index is 0.0114. The minimum atomic E-state index is -0.199. The Morgan fingerprint density at radius 3 is 2.04 bits per heavy atom. The number of benzene rings is 2. The minimum Gasteiger partial charge on any atom is -0.332 e. The Bertz CT molecular complexity index is 784. The Morgan fingerprint density at radius 2 is 1.54 bits per heavy atom. The first-order chi connectivity index (χ1) is 12.2. The third kappa shape index (κ3) is 4.72. The van der Waals surface area contributed by atoms with Crippen LogP contribution in [0.1, 0.15) is 52.4 Å². The van der Waals surface area contributed by atoms with Gasteiger partial charge in [0.2, 0.25) is 5.91 Å². The molecular weight excluding hydrogens is 324 g/mol. The van der Waals surface area contributed by atoms with Crippen molar-refractivity contribution in [1.29, 1.82) is 0 Å². The van der Waals surface area contributed by atoms with Gasteiger partial charge in [-0.15, -0.1) is 0 Å². The molecule has 4 nitrogen and oxygen atoms in total. The first-order valence-corrected chi connectivity index (χ1v) is 8.92. The van der Waals surface area contributed by atoms with Gasteiger partial charge >= 0.3 is 0 Å². The van der Waals surface area contributed by atoms with E-state index in [-0.39, 0.29) is 18.4 Å². The van der Waals surface area contributed by atoms with Crippen LogP contribution in [-0.4, -0.2) is 30.3 Å². The van der Waals surface area contributed by atoms with Gasteiger partial charge in [0.05, 0.1) is 6.54 Å². The molecule has 0 fully saturated rings. The average Bonchev–Trinajstić information content (AvgIpc) is 2.57. The van der Waals surface area contributed by atoms with E-state index in [0.717, 1.165) is 22.4 Å². The number of carbonyl (C=O) groups is 2. The third-order valence-corrected chi connectivity index (χ3v) is 4.49. The van der Waals surface area contributed by atoms with Gasteiger partial charge in [0.15, 0.2) is 0 Å². The number of nitrogens with one attached hydrogen (secondary N) is 1. The van der Waals surface area contributed by atoms with Crippen LogP contribution in [0.2, 0.25) is 0 Å². The van der Waals surface area contributed by atoms with Crippen LogP contribution in [0, 0.1) is 20.8 Å². The highest BCUT2D eigenvalue weighted by Crippen LogP contribution is 2.22. The second-order valence-corrected chi connectivity index (χ2v) is 7.26. The Balaban J connectivity index is 2.03. The van der Waals surface area contributed by atoms with Crippen molar-refractivity contribution in [1.82, 2.24) is 4.90 Å². The first kappa shape index (κ1) is 19.7. The Labute approximate surface area is 156 Å². The van der Waals surface area contributed by atoms with E-state index in [0.29, 0.717) is 11.5 Å². The van der Waals surface area contributed by atoms with E-state index in [1.54, 1.807) is 7.05 Å². The predicted molar refractivity (Wildman–Crippen MR) is 107 cm³/mol. The van der Waals surface area contributed by atoms with Crippen molar-refractivity contribution in [3.63, 3.8) is 0 Å². The normalized spacial score (nSPS) is 10.7. The zero-order chi connectivity index (χ0) is 19.4. The molecule has 0 saturated carbocycles. The summed E-state index contributed by atoms with van der Waals surface area (Å²) in [5, 5.41) is 2.93. The van der Waals surface area contributed by atoms with Crippen LogP contribution in [0.3, 0.4) is 0 Å². The summed E-state index contributed by atoms with van der Waals surface area (Å²) in [5.41, 5.74) is 5.81. The van der Waals surface area contributed by atoms with Crippen LogP contribution in [0.4, 0.5) is 5.69 Å². The fraction of sp³-hybridized carbons (Fsp3) is 0.364. The zero-order valence-corrected chi connectivity index (χ0v) is 16.5. The van der Waals surface area contributed by atoms with Gasteiger partial charge in [0.1, 0.15) is 0 Å². The van der Waals surface area contributed by atoms with E-state index in [1.165, 1.54) is 10.5 Å². The molecule has 0 aliphatic carbocycles. The topological polar surface area (TPSA) is 49.4 Å². The van der Waals surface area contributed by atoms with Crippen LogP contribution in [-0.2, 0) is 4.79 Å². The lowest BCUT2D eigenvalue weighted by atomic mass is 10.0. The quantitative estimate of drug-likeness (QED) is 0.864. The molecule has 0 bridgehead atoms. The highest BCUT2D eigenvalue weighted by molar-refractivity contribution is 5.99. The predicted octanol–water partition coefficient (Wildman–Crippen LogP) is 4.45. The van der Waals surface area contributed by atoms with Crippen molar-refractivity contribution in [3.05, 3.63) is 64.2 Å². The number of hydrogen-bond acceptors (Lipinski definition) is 2. The molecule has 2 rings (SSSR count). The molecule has 0 unspecified atom stereocenters. The van der Waals surface area contributed by atoms with Gasteiger partial charge < -0.3 is 10.2 Å². The molecule has 0 atom stereocenters. The number of hydrogen-bond donors (Lipinski definition) is 1. The maximum atomic E-state index is 12.5. The van der Waals surface area contributed by atoms with Crippen molar-refractivity contribution in [2.24, 2.45) is 0 Å². The molecule has 138 valence electrons. The summed E-state index contributed by atoms with van der Waals surface area (Å²) in [6.07, 6.45) is 0. The summed E-state index contributed by atoms with van der Waals surface area (Å²) in [5.74, 6) is 0.0613. The Kier molecular flexibility index (Phi) is 6.19. The van der Waals surface area contributed by atoms with Crippen molar-refractivity contribution < 1.29 is 9.59 Å². The molecule has 0 aromatic heterocycles. The molecular formula is C22H28N2O2. The second-order valence-electron chi connectivity index (χ2n) is 7.26. The third-order valence-electron chi connectivity index (χ3n) is 4.49. The highest BCUT2D eigenvalue weighted by atomic mass is 16.2. The number of likely N-dealkylation sites (N-methyl/N-ethyl adjacent to an activating group) is 1. The molecule has 2 aromatic rings. The number of anilines is 1. The number of nitrogens with zero attached hydrogens (tertiary/aromatic N) is 1. The van der Waals surface area contributed by atoms with Crippen LogP contribution in [0.15, 0.2) is 36.4 Å². The van der Waals surface area contributed by atoms with E-state index >= 15 is 0 Å². The fourth-order valence-corrected chi connectivity index (χ4v) is 3.07. The summed E-state index contributed by atoms with van der Waals surface area (Å²) in [7, 11) is 1.65. The molecule has 0 heterocycles. The van der Waals surface area contributed by atoms with Crippen molar-refractivity contribution in [2.75, 3.05) is 18.9 Å². The van der Waals surface area contributed by atoms with E-state index in [1.807, 2.05) is 57.2 Å². The summed E-state index contributed by atoms with van der Waals surface area (Å²) < 4.78 is 0. The molecule has 0 spiro atoms. The molecule has 0 aliphatic rings. The standard InChI is InChI=1S/C22H28N2O2/c1-14(2)18-7-9-19(10-8-18)22(26)24(6)13-20(25)23-21-16(4)11-15(3)12-17(21)5/h7-12,14H,13H2,1-6H3,(H,23,25). The lowest BCUT2D eigenvalue weighted by Crippen LogP contribution is -2.35. The fourth-order valence-electron chi connectivity index (χ4n) is 3.07. The van der Waals surface area contributed by atoms with E-state index in [9.17, 15) is 9.59 Å². The number of aryl methyl sites for hydroxylation is 3. The van der Waals surface area contributed by atoms with Gasteiger partial charge in [-0.25, -0.2) is 0 Å². The molecule has 2 aromatic carbocycles. The average molecular weight is 352 g/mol. The Morgan fingerprint density at radius 1 is 1.00 bits per heavy atom. The monoisotopic (exact) mass is 352 g/mol. The maximum Gasteiger partial charge on any atom is 0.254 e. The SMILES string of the molecule is Cc1cc(C)c(NC(=O)CN(C)C(=O)c2ccc(C(C)C)cc2)c(C)c1. The summed E-state index contributed by atoms with van der Waals surface area (Å²) in [6.45, 7) is 10.2. The van der Waals surface area contributed by atoms with Crippen molar-refractivity contribution in [3.8, 4) is 0 Å². The number of carbonyl (C=O) groups excluding carboxylic acids is 2. The summed E-state index contributed by atoms with van der Waals surface area (Å²) in [4.78, 5) is 26.4. The Hall–Kier alpha value is -2.62. The van der Waals surface area contributed by atoms with E-state index in [2.05, 4.69) is 19.2 Å². The highest BCUT2D eigenvalue weighted by Gasteiger charge is 2.16. The number of amides is 2. The lowest BCUT2D eigenvalue weighted by molar-refractivity contribution is -0.116. The van der Waals surface area contributed by atoms with Crippen LogP contribution < -0.4 is 5.32 Å². The molecule has 0 saturated heterocycles. The molecule has 1 N–H and O–H groups in total. The molecule has 4 heteroatoms. The van der Waals surface area contributed by atoms with Crippen molar-refractivity contribution in [2.45, 2.75) is 40.5 Å². The van der Waals surface area contributed by atoms with Crippen molar-refractivity contribution >= 4 is 17.5 Å². The van der Waals surface area contributed by atoms with E-state index in [4.69, 9.17) is 0 Å². The van der Waals surface area contributed by atoms with Gasteiger partial charge in [-0.2, -0.15) is 0 Å².